The summed E-state index contributed by atoms with van der Waals surface area (Å²) >= 11 is 0. The first-order chi connectivity index (χ1) is 5.65. The molecule has 0 fully saturated rings. The summed E-state index contributed by atoms with van der Waals surface area (Å²) in [5.74, 6) is -0.556. The van der Waals surface area contributed by atoms with Crippen LogP contribution in [0.3, 0.4) is 0 Å². The summed E-state index contributed by atoms with van der Waals surface area (Å²) in [5, 5.41) is 0. The first-order valence-electron chi connectivity index (χ1n) is 3.42. The van der Waals surface area contributed by atoms with E-state index in [1.165, 1.54) is 25.1 Å². The van der Waals surface area contributed by atoms with Gasteiger partial charge in [0.15, 0.2) is 5.78 Å². The summed E-state index contributed by atoms with van der Waals surface area (Å²) in [6, 6.07) is 3.82. The SMILES string of the molecule is C=Nc1cc(F)ccc1C(C)=O. The Morgan fingerprint density at radius 2 is 2.25 bits per heavy atom. The van der Waals surface area contributed by atoms with Gasteiger partial charge in [-0.2, -0.15) is 0 Å². The van der Waals surface area contributed by atoms with E-state index in [4.69, 9.17) is 0 Å². The van der Waals surface area contributed by atoms with Crippen LogP contribution in [-0.2, 0) is 0 Å². The van der Waals surface area contributed by atoms with Crippen LogP contribution in [0.15, 0.2) is 23.2 Å². The zero-order chi connectivity index (χ0) is 9.14. The van der Waals surface area contributed by atoms with Gasteiger partial charge in [0.2, 0.25) is 0 Å². The molecule has 0 unspecified atom stereocenters. The van der Waals surface area contributed by atoms with Crippen LogP contribution < -0.4 is 0 Å². The molecule has 0 heterocycles. The second-order valence-electron chi connectivity index (χ2n) is 2.38. The molecule has 0 aliphatic heterocycles. The molecular weight excluding hydrogens is 157 g/mol. The van der Waals surface area contributed by atoms with Crippen LogP contribution in [0.1, 0.15) is 17.3 Å². The van der Waals surface area contributed by atoms with Gasteiger partial charge in [-0.25, -0.2) is 4.39 Å². The number of nitrogens with zero attached hydrogens (tertiary/aromatic N) is 1. The Balaban J connectivity index is 3.29. The third-order valence-corrected chi connectivity index (χ3v) is 1.51. The highest BCUT2D eigenvalue weighted by molar-refractivity contribution is 5.99. The average molecular weight is 165 g/mol. The van der Waals surface area contributed by atoms with Crippen molar-refractivity contribution < 1.29 is 9.18 Å². The molecule has 1 aromatic rings. The number of hydrogen-bond acceptors (Lipinski definition) is 2. The molecule has 62 valence electrons. The predicted octanol–water partition coefficient (Wildman–Crippen LogP) is 2.36. The number of hydrogen-bond donors (Lipinski definition) is 0. The minimum Gasteiger partial charge on any atom is -0.294 e. The lowest BCUT2D eigenvalue weighted by atomic mass is 10.1. The summed E-state index contributed by atoms with van der Waals surface area (Å²) in [4.78, 5) is 14.5. The number of aliphatic imine (C=N–C) groups is 1. The normalized spacial score (nSPS) is 9.50. The van der Waals surface area contributed by atoms with Gasteiger partial charge in [-0.1, -0.05) is 0 Å². The molecule has 0 amide bonds. The van der Waals surface area contributed by atoms with Gasteiger partial charge in [-0.15, -0.1) is 0 Å². The van der Waals surface area contributed by atoms with Crippen molar-refractivity contribution >= 4 is 18.2 Å². The lowest BCUT2D eigenvalue weighted by Crippen LogP contribution is -1.92. The van der Waals surface area contributed by atoms with Gasteiger partial charge < -0.3 is 0 Å². The summed E-state index contributed by atoms with van der Waals surface area (Å²) in [6.45, 7) is 4.65. The molecule has 0 N–H and O–H groups in total. The molecular formula is C9H8FNO. The number of carbonyl (C=O) groups excluding carboxylic acids is 1. The van der Waals surface area contributed by atoms with Gasteiger partial charge in [-0.3, -0.25) is 9.79 Å². The Morgan fingerprint density at radius 1 is 1.58 bits per heavy atom. The molecule has 2 nitrogen and oxygen atoms in total. The topological polar surface area (TPSA) is 29.4 Å². The van der Waals surface area contributed by atoms with Crippen LogP contribution in [0, 0.1) is 5.82 Å². The second kappa shape index (κ2) is 3.26. The van der Waals surface area contributed by atoms with Gasteiger partial charge in [-0.05, 0) is 25.8 Å². The molecule has 0 saturated carbocycles. The van der Waals surface area contributed by atoms with E-state index in [2.05, 4.69) is 11.7 Å². The number of rotatable bonds is 2. The Hall–Kier alpha value is -1.51. The fourth-order valence-electron chi connectivity index (χ4n) is 0.933. The van der Waals surface area contributed by atoms with E-state index in [-0.39, 0.29) is 5.78 Å². The predicted molar refractivity (Wildman–Crippen MR) is 45.6 cm³/mol. The Morgan fingerprint density at radius 3 is 2.75 bits per heavy atom. The Bertz CT molecular complexity index is 333. The van der Waals surface area contributed by atoms with Gasteiger partial charge in [0, 0.05) is 11.6 Å². The van der Waals surface area contributed by atoms with Crippen molar-refractivity contribution in [1.29, 1.82) is 0 Å². The van der Waals surface area contributed by atoms with Gasteiger partial charge in [0.1, 0.15) is 5.82 Å². The molecule has 0 aromatic heterocycles. The number of Topliss-reactive ketones (excluding diaryl/α,β-unsaturated/α-hetero) is 1. The average Bonchev–Trinajstić information content (AvgIpc) is 2.03. The van der Waals surface area contributed by atoms with Crippen molar-refractivity contribution in [2.45, 2.75) is 6.92 Å². The molecule has 0 spiro atoms. The van der Waals surface area contributed by atoms with Crippen molar-refractivity contribution in [3.8, 4) is 0 Å². The highest BCUT2D eigenvalue weighted by atomic mass is 19.1. The first kappa shape index (κ1) is 8.59. The van der Waals surface area contributed by atoms with Crippen LogP contribution in [-0.4, -0.2) is 12.5 Å². The summed E-state index contributed by atoms with van der Waals surface area (Å²) < 4.78 is 12.6. The smallest absolute Gasteiger partial charge is 0.161 e. The molecule has 0 atom stereocenters. The van der Waals surface area contributed by atoms with Gasteiger partial charge in [0.05, 0.1) is 5.69 Å². The van der Waals surface area contributed by atoms with Crippen LogP contribution >= 0.6 is 0 Å². The van der Waals surface area contributed by atoms with E-state index in [1.54, 1.807) is 0 Å². The van der Waals surface area contributed by atoms with Crippen molar-refractivity contribution in [2.24, 2.45) is 4.99 Å². The quantitative estimate of drug-likeness (QED) is 0.488. The number of halogens is 1. The maximum absolute atomic E-state index is 12.6. The first-order valence-corrected chi connectivity index (χ1v) is 3.42. The van der Waals surface area contributed by atoms with Crippen LogP contribution in [0.25, 0.3) is 0 Å². The van der Waals surface area contributed by atoms with E-state index >= 15 is 0 Å². The largest absolute Gasteiger partial charge is 0.294 e. The molecule has 0 radical (unpaired) electrons. The number of ketones is 1. The maximum atomic E-state index is 12.6. The summed E-state index contributed by atoms with van der Waals surface area (Å²) in [6.07, 6.45) is 0. The monoisotopic (exact) mass is 165 g/mol. The third-order valence-electron chi connectivity index (χ3n) is 1.51. The number of carbonyl (C=O) groups is 1. The van der Waals surface area contributed by atoms with Gasteiger partial charge >= 0.3 is 0 Å². The zero-order valence-electron chi connectivity index (χ0n) is 6.67. The molecule has 0 aliphatic rings. The molecule has 0 bridgehead atoms. The van der Waals surface area contributed by atoms with E-state index in [1.807, 2.05) is 0 Å². The highest BCUT2D eigenvalue weighted by Gasteiger charge is 2.05. The van der Waals surface area contributed by atoms with Crippen molar-refractivity contribution in [3.05, 3.63) is 29.6 Å². The standard InChI is InChI=1S/C9H8FNO/c1-6(12)8-4-3-7(10)5-9(8)11-2/h3-5H,2H2,1H3. The second-order valence-corrected chi connectivity index (χ2v) is 2.38. The summed E-state index contributed by atoms with van der Waals surface area (Å²) in [5.41, 5.74) is 0.689. The zero-order valence-corrected chi connectivity index (χ0v) is 6.67. The van der Waals surface area contributed by atoms with Crippen molar-refractivity contribution in [2.75, 3.05) is 0 Å². The Labute approximate surface area is 69.7 Å². The third kappa shape index (κ3) is 1.56. The minimum absolute atomic E-state index is 0.141. The van der Waals surface area contributed by atoms with E-state index in [9.17, 15) is 9.18 Å². The van der Waals surface area contributed by atoms with Crippen LogP contribution in [0.5, 0.6) is 0 Å². The molecule has 3 heteroatoms. The molecule has 1 rings (SSSR count). The molecule has 1 aromatic carbocycles. The fraction of sp³-hybridized carbons (Fsp3) is 0.111. The number of benzene rings is 1. The van der Waals surface area contributed by atoms with Crippen LogP contribution in [0.2, 0.25) is 0 Å². The highest BCUT2D eigenvalue weighted by Crippen LogP contribution is 2.19. The molecule has 12 heavy (non-hydrogen) atoms. The molecule has 0 aliphatic carbocycles. The minimum atomic E-state index is -0.414. The van der Waals surface area contributed by atoms with E-state index < -0.39 is 5.82 Å². The van der Waals surface area contributed by atoms with Crippen LogP contribution in [0.4, 0.5) is 10.1 Å². The lowest BCUT2D eigenvalue weighted by Gasteiger charge is -1.99. The lowest BCUT2D eigenvalue weighted by molar-refractivity contribution is 0.101. The van der Waals surface area contributed by atoms with Gasteiger partial charge in [0.25, 0.3) is 0 Å². The van der Waals surface area contributed by atoms with Crippen molar-refractivity contribution in [3.63, 3.8) is 0 Å². The fourth-order valence-corrected chi connectivity index (χ4v) is 0.933. The van der Waals surface area contributed by atoms with E-state index in [0.29, 0.717) is 11.3 Å². The maximum Gasteiger partial charge on any atom is 0.161 e. The van der Waals surface area contributed by atoms with Crippen molar-refractivity contribution in [1.82, 2.24) is 0 Å². The van der Waals surface area contributed by atoms with E-state index in [0.717, 1.165) is 0 Å². The summed E-state index contributed by atoms with van der Waals surface area (Å²) in [7, 11) is 0. The Kier molecular flexibility index (Phi) is 2.33. The molecule has 0 saturated heterocycles.